The van der Waals surface area contributed by atoms with Crippen molar-refractivity contribution in [1.82, 2.24) is 4.98 Å². The first-order valence-corrected chi connectivity index (χ1v) is 9.11. The molecule has 0 spiro atoms. The molecule has 1 amide bonds. The van der Waals surface area contributed by atoms with E-state index < -0.39 is 6.10 Å². The van der Waals surface area contributed by atoms with Crippen LogP contribution in [0.2, 0.25) is 0 Å². The first-order valence-electron chi connectivity index (χ1n) is 9.11. The minimum Gasteiger partial charge on any atom is -0.481 e. The van der Waals surface area contributed by atoms with Gasteiger partial charge in [0, 0.05) is 13.2 Å². The number of amides is 1. The molecule has 0 radical (unpaired) electrons. The SMILES string of the molecule is Cc1ccc(N(C)C(=O)C(C)Oc2ccc(Oc3ccc(C#N)cc3)cc2)nc1. The van der Waals surface area contributed by atoms with Crippen LogP contribution in [0.1, 0.15) is 18.1 Å². The van der Waals surface area contributed by atoms with E-state index in [4.69, 9.17) is 14.7 Å². The number of ether oxygens (including phenoxy) is 2. The molecule has 0 saturated carbocycles. The monoisotopic (exact) mass is 387 g/mol. The number of carbonyl (C=O) groups is 1. The molecule has 0 bridgehead atoms. The molecule has 1 heterocycles. The number of hydrogen-bond donors (Lipinski definition) is 0. The fraction of sp³-hybridized carbons (Fsp3) is 0.174. The van der Waals surface area contributed by atoms with Crippen molar-refractivity contribution < 1.29 is 14.3 Å². The molecule has 146 valence electrons. The molecule has 0 aliphatic rings. The van der Waals surface area contributed by atoms with E-state index in [-0.39, 0.29) is 5.91 Å². The highest BCUT2D eigenvalue weighted by Crippen LogP contribution is 2.25. The summed E-state index contributed by atoms with van der Waals surface area (Å²) in [4.78, 5) is 18.4. The van der Waals surface area contributed by atoms with Gasteiger partial charge in [0.1, 0.15) is 23.1 Å². The molecule has 2 aromatic carbocycles. The number of likely N-dealkylation sites (N-methyl/N-ethyl adjacent to an activating group) is 1. The molecule has 0 saturated heterocycles. The van der Waals surface area contributed by atoms with Crippen LogP contribution in [0.15, 0.2) is 66.9 Å². The summed E-state index contributed by atoms with van der Waals surface area (Å²) in [7, 11) is 1.67. The van der Waals surface area contributed by atoms with Crippen molar-refractivity contribution >= 4 is 11.7 Å². The Hall–Kier alpha value is -3.85. The number of rotatable bonds is 6. The molecule has 1 aromatic heterocycles. The van der Waals surface area contributed by atoms with Crippen LogP contribution in [0.3, 0.4) is 0 Å². The van der Waals surface area contributed by atoms with E-state index >= 15 is 0 Å². The van der Waals surface area contributed by atoms with Crippen LogP contribution in [-0.2, 0) is 4.79 Å². The Morgan fingerprint density at radius 1 is 1.00 bits per heavy atom. The van der Waals surface area contributed by atoms with Crippen molar-refractivity contribution in [3.63, 3.8) is 0 Å². The van der Waals surface area contributed by atoms with Crippen molar-refractivity contribution in [3.05, 3.63) is 78.0 Å². The molecule has 1 atom stereocenters. The summed E-state index contributed by atoms with van der Waals surface area (Å²) in [6.45, 7) is 3.65. The number of nitriles is 1. The Labute approximate surface area is 169 Å². The van der Waals surface area contributed by atoms with Gasteiger partial charge in [-0.15, -0.1) is 0 Å². The molecule has 0 fully saturated rings. The molecule has 6 nitrogen and oxygen atoms in total. The van der Waals surface area contributed by atoms with Crippen molar-refractivity contribution in [1.29, 1.82) is 5.26 Å². The van der Waals surface area contributed by atoms with Crippen molar-refractivity contribution in [2.45, 2.75) is 20.0 Å². The standard InChI is InChI=1S/C23H21N3O3/c1-16-4-13-22(25-15-16)26(3)23(27)17(2)28-19-9-11-21(12-10-19)29-20-7-5-18(14-24)6-8-20/h4-13,15,17H,1-3H3. The summed E-state index contributed by atoms with van der Waals surface area (Å²) >= 11 is 0. The first-order chi connectivity index (χ1) is 14.0. The predicted octanol–water partition coefficient (Wildman–Crippen LogP) is 4.48. The second-order valence-corrected chi connectivity index (χ2v) is 6.56. The minimum absolute atomic E-state index is 0.195. The molecule has 0 aliphatic heterocycles. The second kappa shape index (κ2) is 8.89. The van der Waals surface area contributed by atoms with Gasteiger partial charge in [-0.2, -0.15) is 5.26 Å². The lowest BCUT2D eigenvalue weighted by atomic mass is 10.2. The molecule has 0 N–H and O–H groups in total. The van der Waals surface area contributed by atoms with Crippen LogP contribution in [0, 0.1) is 18.3 Å². The topological polar surface area (TPSA) is 75.5 Å². The van der Waals surface area contributed by atoms with Gasteiger partial charge in [0.05, 0.1) is 11.6 Å². The van der Waals surface area contributed by atoms with E-state index in [0.29, 0.717) is 28.6 Å². The van der Waals surface area contributed by atoms with E-state index in [9.17, 15) is 4.79 Å². The maximum Gasteiger partial charge on any atom is 0.268 e. The number of pyridine rings is 1. The summed E-state index contributed by atoms with van der Waals surface area (Å²) in [5.41, 5.74) is 1.60. The van der Waals surface area contributed by atoms with E-state index in [1.54, 1.807) is 74.8 Å². The van der Waals surface area contributed by atoms with Crippen LogP contribution in [0.5, 0.6) is 17.2 Å². The molecule has 0 aliphatic carbocycles. The normalized spacial score (nSPS) is 11.2. The minimum atomic E-state index is -0.673. The van der Waals surface area contributed by atoms with Gasteiger partial charge in [0.2, 0.25) is 0 Å². The van der Waals surface area contributed by atoms with E-state index in [2.05, 4.69) is 11.1 Å². The van der Waals surface area contributed by atoms with Crippen LogP contribution >= 0.6 is 0 Å². The van der Waals surface area contributed by atoms with Crippen LogP contribution in [0.25, 0.3) is 0 Å². The number of carbonyl (C=O) groups excluding carboxylic acids is 1. The Morgan fingerprint density at radius 2 is 1.59 bits per heavy atom. The number of aryl methyl sites for hydroxylation is 1. The van der Waals surface area contributed by atoms with Crippen molar-refractivity contribution in [2.24, 2.45) is 0 Å². The molecule has 6 heteroatoms. The van der Waals surface area contributed by atoms with Crippen LogP contribution in [0.4, 0.5) is 5.82 Å². The van der Waals surface area contributed by atoms with E-state index in [0.717, 1.165) is 5.56 Å². The van der Waals surface area contributed by atoms with Gasteiger partial charge in [0.25, 0.3) is 5.91 Å². The third-order valence-electron chi connectivity index (χ3n) is 4.27. The third kappa shape index (κ3) is 5.11. The summed E-state index contributed by atoms with van der Waals surface area (Å²) in [5.74, 6) is 2.19. The zero-order valence-electron chi connectivity index (χ0n) is 16.5. The highest BCUT2D eigenvalue weighted by Gasteiger charge is 2.21. The third-order valence-corrected chi connectivity index (χ3v) is 4.27. The van der Waals surface area contributed by atoms with Crippen molar-refractivity contribution in [2.75, 3.05) is 11.9 Å². The summed E-state index contributed by atoms with van der Waals surface area (Å²) in [6, 6.07) is 19.6. The highest BCUT2D eigenvalue weighted by atomic mass is 16.5. The van der Waals surface area contributed by atoms with Gasteiger partial charge in [-0.1, -0.05) is 6.07 Å². The largest absolute Gasteiger partial charge is 0.481 e. The van der Waals surface area contributed by atoms with Gasteiger partial charge in [-0.3, -0.25) is 9.69 Å². The Balaban J connectivity index is 1.60. The van der Waals surface area contributed by atoms with E-state index in [1.807, 2.05) is 13.0 Å². The fourth-order valence-corrected chi connectivity index (χ4v) is 2.62. The van der Waals surface area contributed by atoms with Crippen molar-refractivity contribution in [3.8, 4) is 23.3 Å². The van der Waals surface area contributed by atoms with Gasteiger partial charge in [0.15, 0.2) is 6.10 Å². The molecular weight excluding hydrogens is 366 g/mol. The van der Waals surface area contributed by atoms with Gasteiger partial charge >= 0.3 is 0 Å². The lowest BCUT2D eigenvalue weighted by Gasteiger charge is -2.21. The van der Waals surface area contributed by atoms with Gasteiger partial charge in [-0.25, -0.2) is 4.98 Å². The zero-order chi connectivity index (χ0) is 20.8. The number of anilines is 1. The van der Waals surface area contributed by atoms with Crippen LogP contribution < -0.4 is 14.4 Å². The Bertz CT molecular complexity index is 1010. The predicted molar refractivity (Wildman–Crippen MR) is 110 cm³/mol. The summed E-state index contributed by atoms with van der Waals surface area (Å²) in [5, 5.41) is 8.83. The highest BCUT2D eigenvalue weighted by molar-refractivity contribution is 5.95. The lowest BCUT2D eigenvalue weighted by Crippen LogP contribution is -2.38. The van der Waals surface area contributed by atoms with E-state index in [1.165, 1.54) is 4.90 Å². The molecule has 29 heavy (non-hydrogen) atoms. The average molecular weight is 387 g/mol. The Morgan fingerprint density at radius 3 is 2.14 bits per heavy atom. The Kier molecular flexibility index (Phi) is 6.10. The van der Waals surface area contributed by atoms with Crippen LogP contribution in [-0.4, -0.2) is 24.0 Å². The first kappa shape index (κ1) is 19.9. The molecule has 3 rings (SSSR count). The fourth-order valence-electron chi connectivity index (χ4n) is 2.62. The van der Waals surface area contributed by atoms with Gasteiger partial charge < -0.3 is 9.47 Å². The average Bonchev–Trinajstić information content (AvgIpc) is 2.75. The maximum absolute atomic E-state index is 12.6. The molecule has 3 aromatic rings. The quantitative estimate of drug-likeness (QED) is 0.623. The summed E-state index contributed by atoms with van der Waals surface area (Å²) < 4.78 is 11.5. The molecule has 1 unspecified atom stereocenters. The summed E-state index contributed by atoms with van der Waals surface area (Å²) in [6.07, 6.45) is 1.05. The van der Waals surface area contributed by atoms with Gasteiger partial charge in [-0.05, 0) is 74.0 Å². The number of nitrogens with zero attached hydrogens (tertiary/aromatic N) is 3. The number of hydrogen-bond acceptors (Lipinski definition) is 5. The number of benzene rings is 2. The smallest absolute Gasteiger partial charge is 0.268 e. The molecular formula is C23H21N3O3. The second-order valence-electron chi connectivity index (χ2n) is 6.56. The zero-order valence-corrected chi connectivity index (χ0v) is 16.5. The lowest BCUT2D eigenvalue weighted by molar-refractivity contribution is -0.124. The number of aromatic nitrogens is 1. The maximum atomic E-state index is 12.6.